The average molecular weight is 273 g/mol. The van der Waals surface area contributed by atoms with Gasteiger partial charge in [-0.1, -0.05) is 0 Å². The molecule has 2 N–H and O–H groups in total. The molecule has 1 atom stereocenters. The van der Waals surface area contributed by atoms with Crippen LogP contribution in [0, 0.1) is 0 Å². The van der Waals surface area contributed by atoms with Crippen LogP contribution in [0.3, 0.4) is 0 Å². The number of H-pyrrole nitrogens is 1. The fourth-order valence-corrected chi connectivity index (χ4v) is 2.54. The van der Waals surface area contributed by atoms with Gasteiger partial charge in [0, 0.05) is 30.4 Å². The maximum atomic E-state index is 12.2. The molecule has 2 aromatic heterocycles. The number of aryl methyl sites for hydroxylation is 1. The van der Waals surface area contributed by atoms with E-state index in [1.54, 1.807) is 10.7 Å². The van der Waals surface area contributed by atoms with Gasteiger partial charge in [-0.2, -0.15) is 10.2 Å². The Bertz CT molecular complexity index is 613. The molecule has 0 saturated heterocycles. The van der Waals surface area contributed by atoms with E-state index in [0.29, 0.717) is 5.69 Å². The number of amides is 1. The zero-order chi connectivity index (χ0) is 14.1. The highest BCUT2D eigenvalue weighted by molar-refractivity contribution is 5.92. The lowest BCUT2D eigenvalue weighted by Crippen LogP contribution is -2.39. The van der Waals surface area contributed by atoms with Crippen LogP contribution in [0.4, 0.5) is 0 Å². The van der Waals surface area contributed by atoms with Gasteiger partial charge in [0.15, 0.2) is 0 Å². The first kappa shape index (κ1) is 12.9. The smallest absolute Gasteiger partial charge is 0.272 e. The molecular formula is C14H19N5O. The molecule has 0 unspecified atom stereocenters. The van der Waals surface area contributed by atoms with Crippen molar-refractivity contribution in [3.8, 4) is 0 Å². The predicted octanol–water partition coefficient (Wildman–Crippen LogP) is 1.47. The number of nitrogens with one attached hydrogen (secondary N) is 2. The molecule has 0 saturated carbocycles. The van der Waals surface area contributed by atoms with Crippen molar-refractivity contribution >= 4 is 5.91 Å². The Morgan fingerprint density at radius 1 is 1.55 bits per heavy atom. The van der Waals surface area contributed by atoms with Crippen molar-refractivity contribution in [1.82, 2.24) is 25.3 Å². The first-order chi connectivity index (χ1) is 9.63. The van der Waals surface area contributed by atoms with Crippen LogP contribution in [-0.2, 0) is 12.8 Å². The maximum absolute atomic E-state index is 12.2. The molecule has 6 nitrogen and oxygen atoms in total. The Morgan fingerprint density at radius 2 is 2.40 bits per heavy atom. The van der Waals surface area contributed by atoms with Crippen molar-refractivity contribution < 1.29 is 4.79 Å². The number of hydrogen-bond donors (Lipinski definition) is 2. The summed E-state index contributed by atoms with van der Waals surface area (Å²) < 4.78 is 1.79. The molecule has 0 aliphatic heterocycles. The fourth-order valence-electron chi connectivity index (χ4n) is 2.54. The van der Waals surface area contributed by atoms with Crippen molar-refractivity contribution in [2.45, 2.75) is 45.2 Å². The summed E-state index contributed by atoms with van der Waals surface area (Å²) in [5.41, 5.74) is 2.88. The molecule has 0 radical (unpaired) electrons. The zero-order valence-corrected chi connectivity index (χ0v) is 11.8. The largest absolute Gasteiger partial charge is 0.348 e. The van der Waals surface area contributed by atoms with Crippen LogP contribution >= 0.6 is 0 Å². The van der Waals surface area contributed by atoms with Gasteiger partial charge in [0.25, 0.3) is 5.91 Å². The molecule has 1 aliphatic carbocycles. The molecule has 20 heavy (non-hydrogen) atoms. The lowest BCUT2D eigenvalue weighted by molar-refractivity contribution is 0.0927. The van der Waals surface area contributed by atoms with Gasteiger partial charge in [-0.15, -0.1) is 0 Å². The predicted molar refractivity (Wildman–Crippen MR) is 74.5 cm³/mol. The van der Waals surface area contributed by atoms with Crippen LogP contribution in [0.5, 0.6) is 0 Å². The third-order valence-corrected chi connectivity index (χ3v) is 3.73. The number of carbonyl (C=O) groups excluding carboxylic acids is 1. The second kappa shape index (κ2) is 5.11. The molecule has 0 bridgehead atoms. The van der Waals surface area contributed by atoms with E-state index in [1.807, 2.05) is 26.2 Å². The van der Waals surface area contributed by atoms with Gasteiger partial charge >= 0.3 is 0 Å². The van der Waals surface area contributed by atoms with Crippen molar-refractivity contribution in [2.24, 2.45) is 0 Å². The molecule has 1 aliphatic rings. The standard InChI is InChI=1S/C14H19N5O/c1-9(2)19-6-5-12(18-19)14(20)16-11-4-3-10-8-15-17-13(10)7-11/h5-6,8-9,11H,3-4,7H2,1-2H3,(H,15,17)(H,16,20)/t11-/m0/s1. The Balaban J connectivity index is 1.64. The monoisotopic (exact) mass is 273 g/mol. The van der Waals surface area contributed by atoms with Crippen molar-refractivity contribution in [3.05, 3.63) is 35.4 Å². The van der Waals surface area contributed by atoms with Gasteiger partial charge in [0.2, 0.25) is 0 Å². The number of fused-ring (bicyclic) bond motifs is 1. The summed E-state index contributed by atoms with van der Waals surface area (Å²) in [5, 5.41) is 14.4. The quantitative estimate of drug-likeness (QED) is 0.889. The van der Waals surface area contributed by atoms with Crippen molar-refractivity contribution in [1.29, 1.82) is 0 Å². The second-order valence-corrected chi connectivity index (χ2v) is 5.56. The zero-order valence-electron chi connectivity index (χ0n) is 11.8. The number of nitrogens with zero attached hydrogens (tertiary/aromatic N) is 3. The lowest BCUT2D eigenvalue weighted by atomic mass is 9.94. The fraction of sp³-hybridized carbons (Fsp3) is 0.500. The first-order valence-corrected chi connectivity index (χ1v) is 7.00. The molecule has 6 heteroatoms. The molecule has 0 fully saturated rings. The normalized spacial score (nSPS) is 18.1. The van der Waals surface area contributed by atoms with E-state index in [0.717, 1.165) is 25.0 Å². The highest BCUT2D eigenvalue weighted by atomic mass is 16.2. The number of rotatable bonds is 3. The lowest BCUT2D eigenvalue weighted by Gasteiger charge is -2.22. The summed E-state index contributed by atoms with van der Waals surface area (Å²) in [6.07, 6.45) is 6.43. The minimum absolute atomic E-state index is 0.0997. The minimum atomic E-state index is -0.0997. The van der Waals surface area contributed by atoms with Crippen molar-refractivity contribution in [3.63, 3.8) is 0 Å². The highest BCUT2D eigenvalue weighted by Gasteiger charge is 2.22. The van der Waals surface area contributed by atoms with E-state index >= 15 is 0 Å². The Hall–Kier alpha value is -2.11. The van der Waals surface area contributed by atoms with Crippen LogP contribution in [0.15, 0.2) is 18.5 Å². The molecule has 0 spiro atoms. The number of carbonyl (C=O) groups is 1. The highest BCUT2D eigenvalue weighted by Crippen LogP contribution is 2.19. The SMILES string of the molecule is CC(C)n1ccc(C(=O)N[C@H]2CCc3cn[nH]c3C2)n1. The van der Waals surface area contributed by atoms with Gasteiger partial charge in [0.1, 0.15) is 5.69 Å². The van der Waals surface area contributed by atoms with Crippen molar-refractivity contribution in [2.75, 3.05) is 0 Å². The van der Waals surface area contributed by atoms with Crippen LogP contribution in [0.25, 0.3) is 0 Å². The van der Waals surface area contributed by atoms with E-state index < -0.39 is 0 Å². The second-order valence-electron chi connectivity index (χ2n) is 5.56. The third kappa shape index (κ3) is 2.45. The summed E-state index contributed by atoms with van der Waals surface area (Å²) in [7, 11) is 0. The van der Waals surface area contributed by atoms with Gasteiger partial charge in [0.05, 0.1) is 6.20 Å². The Morgan fingerprint density at radius 3 is 3.15 bits per heavy atom. The number of hydrogen-bond acceptors (Lipinski definition) is 3. The maximum Gasteiger partial charge on any atom is 0.272 e. The van der Waals surface area contributed by atoms with Gasteiger partial charge < -0.3 is 5.32 Å². The Labute approximate surface area is 117 Å². The first-order valence-electron chi connectivity index (χ1n) is 7.00. The summed E-state index contributed by atoms with van der Waals surface area (Å²) >= 11 is 0. The van der Waals surface area contributed by atoms with E-state index in [1.165, 1.54) is 5.56 Å². The summed E-state index contributed by atoms with van der Waals surface area (Å²) in [5.74, 6) is -0.0997. The van der Waals surface area contributed by atoms with E-state index in [-0.39, 0.29) is 18.0 Å². The molecule has 3 rings (SSSR count). The van der Waals surface area contributed by atoms with E-state index in [9.17, 15) is 4.79 Å². The van der Waals surface area contributed by atoms with Gasteiger partial charge in [-0.05, 0) is 38.3 Å². The summed E-state index contributed by atoms with van der Waals surface area (Å²) in [6, 6.07) is 2.18. The van der Waals surface area contributed by atoms with E-state index in [4.69, 9.17) is 0 Å². The third-order valence-electron chi connectivity index (χ3n) is 3.73. The Kier molecular flexibility index (Phi) is 3.30. The summed E-state index contributed by atoms with van der Waals surface area (Å²) in [6.45, 7) is 4.07. The molecule has 0 aromatic carbocycles. The molecular weight excluding hydrogens is 254 g/mol. The van der Waals surface area contributed by atoms with Crippen LogP contribution < -0.4 is 5.32 Å². The average Bonchev–Trinajstić information content (AvgIpc) is 3.07. The number of aromatic amines is 1. The van der Waals surface area contributed by atoms with Crippen LogP contribution in [-0.4, -0.2) is 31.9 Å². The van der Waals surface area contributed by atoms with Gasteiger partial charge in [-0.25, -0.2) is 0 Å². The van der Waals surface area contributed by atoms with Crippen LogP contribution in [0.1, 0.15) is 48.1 Å². The minimum Gasteiger partial charge on any atom is -0.348 e. The molecule has 2 heterocycles. The molecule has 2 aromatic rings. The topological polar surface area (TPSA) is 75.6 Å². The summed E-state index contributed by atoms with van der Waals surface area (Å²) in [4.78, 5) is 12.2. The molecule has 1 amide bonds. The molecule has 106 valence electrons. The number of aromatic nitrogens is 4. The van der Waals surface area contributed by atoms with Crippen LogP contribution in [0.2, 0.25) is 0 Å². The van der Waals surface area contributed by atoms with Gasteiger partial charge in [-0.3, -0.25) is 14.6 Å². The van der Waals surface area contributed by atoms with E-state index in [2.05, 4.69) is 20.6 Å².